The van der Waals surface area contributed by atoms with Gasteiger partial charge in [0.2, 0.25) is 5.91 Å². The van der Waals surface area contributed by atoms with Crippen molar-refractivity contribution in [2.24, 2.45) is 5.73 Å². The molecule has 0 aliphatic rings. The number of hydrogen-bond donors (Lipinski definition) is 1. The lowest BCUT2D eigenvalue weighted by Crippen LogP contribution is -2.39. The van der Waals surface area contributed by atoms with E-state index in [0.717, 1.165) is 10.7 Å². The fraction of sp³-hybridized carbons (Fsp3) is 0.500. The molecule has 2 N–H and O–H groups in total. The predicted molar refractivity (Wildman–Crippen MR) is 63.9 cm³/mol. The van der Waals surface area contributed by atoms with Gasteiger partial charge in [-0.2, -0.15) is 0 Å². The third-order valence-corrected chi connectivity index (χ3v) is 2.81. The van der Waals surface area contributed by atoms with E-state index < -0.39 is 6.04 Å². The fourth-order valence-electron chi connectivity index (χ4n) is 1.28. The van der Waals surface area contributed by atoms with E-state index in [4.69, 9.17) is 5.73 Å². The summed E-state index contributed by atoms with van der Waals surface area (Å²) in [6, 6.07) is -0.487. The molecular formula is C10H16N4OS. The van der Waals surface area contributed by atoms with Crippen molar-refractivity contribution in [3.63, 3.8) is 0 Å². The van der Waals surface area contributed by atoms with Gasteiger partial charge in [0.1, 0.15) is 5.03 Å². The van der Waals surface area contributed by atoms with Gasteiger partial charge in [-0.3, -0.25) is 9.78 Å². The smallest absolute Gasteiger partial charge is 0.239 e. The van der Waals surface area contributed by atoms with Crippen molar-refractivity contribution < 1.29 is 4.79 Å². The van der Waals surface area contributed by atoms with Gasteiger partial charge in [0.15, 0.2) is 0 Å². The van der Waals surface area contributed by atoms with Gasteiger partial charge in [-0.15, -0.1) is 11.8 Å². The molecule has 1 heterocycles. The lowest BCUT2D eigenvalue weighted by Gasteiger charge is -2.19. The van der Waals surface area contributed by atoms with E-state index in [-0.39, 0.29) is 5.91 Å². The van der Waals surface area contributed by atoms with E-state index in [9.17, 15) is 4.79 Å². The lowest BCUT2D eigenvalue weighted by atomic mass is 10.3. The molecule has 1 aromatic heterocycles. The van der Waals surface area contributed by atoms with Gasteiger partial charge >= 0.3 is 0 Å². The van der Waals surface area contributed by atoms with E-state index in [1.54, 1.807) is 31.3 Å². The topological polar surface area (TPSA) is 72.1 Å². The number of nitrogens with two attached hydrogens (primary N) is 1. The highest BCUT2D eigenvalue weighted by Gasteiger charge is 2.15. The molecule has 0 bridgehead atoms. The van der Waals surface area contributed by atoms with Gasteiger partial charge < -0.3 is 10.6 Å². The highest BCUT2D eigenvalue weighted by molar-refractivity contribution is 7.98. The van der Waals surface area contributed by atoms with Gasteiger partial charge in [0.25, 0.3) is 0 Å². The van der Waals surface area contributed by atoms with Crippen molar-refractivity contribution >= 4 is 17.7 Å². The molecule has 0 saturated heterocycles. The van der Waals surface area contributed by atoms with Crippen LogP contribution in [0.25, 0.3) is 0 Å². The van der Waals surface area contributed by atoms with Gasteiger partial charge in [0.05, 0.1) is 18.3 Å². The molecule has 1 atom stereocenters. The monoisotopic (exact) mass is 240 g/mol. The predicted octanol–water partition coefficient (Wildman–Crippen LogP) is 0.504. The molecule has 0 saturated carbocycles. The van der Waals surface area contributed by atoms with Crippen LogP contribution in [-0.2, 0) is 11.3 Å². The second kappa shape index (κ2) is 5.81. The number of thioether (sulfide) groups is 1. The SMILES string of the molecule is CSc1nccnc1CN(C)C(=O)C(C)N. The van der Waals surface area contributed by atoms with Crippen LogP contribution in [-0.4, -0.2) is 40.1 Å². The molecule has 0 aliphatic heterocycles. The van der Waals surface area contributed by atoms with Crippen molar-refractivity contribution in [2.45, 2.75) is 24.5 Å². The summed E-state index contributed by atoms with van der Waals surface area (Å²) in [5.41, 5.74) is 6.33. The third kappa shape index (κ3) is 3.18. The van der Waals surface area contributed by atoms with Crippen LogP contribution in [0, 0.1) is 0 Å². The maximum Gasteiger partial charge on any atom is 0.239 e. The van der Waals surface area contributed by atoms with Gasteiger partial charge in [-0.1, -0.05) is 0 Å². The van der Waals surface area contributed by atoms with Crippen molar-refractivity contribution in [1.82, 2.24) is 14.9 Å². The molecule has 5 nitrogen and oxygen atoms in total. The molecule has 1 amide bonds. The Labute approximate surface area is 99.4 Å². The Bertz CT molecular complexity index is 370. The Morgan fingerprint density at radius 2 is 2.19 bits per heavy atom. The van der Waals surface area contributed by atoms with Crippen LogP contribution in [0.2, 0.25) is 0 Å². The highest BCUT2D eigenvalue weighted by Crippen LogP contribution is 2.15. The molecule has 1 rings (SSSR count). The van der Waals surface area contributed by atoms with Crippen LogP contribution in [0.15, 0.2) is 17.4 Å². The molecule has 16 heavy (non-hydrogen) atoms. The van der Waals surface area contributed by atoms with Crippen molar-refractivity contribution in [3.8, 4) is 0 Å². The number of likely N-dealkylation sites (N-methyl/N-ethyl adjacent to an activating group) is 1. The zero-order valence-electron chi connectivity index (χ0n) is 9.67. The number of aromatic nitrogens is 2. The summed E-state index contributed by atoms with van der Waals surface area (Å²) in [5.74, 6) is -0.0993. The van der Waals surface area contributed by atoms with Gasteiger partial charge in [0, 0.05) is 19.4 Å². The summed E-state index contributed by atoms with van der Waals surface area (Å²) in [6.07, 6.45) is 5.20. The number of rotatable bonds is 4. The molecule has 0 spiro atoms. The Morgan fingerprint density at radius 3 is 2.75 bits per heavy atom. The second-order valence-electron chi connectivity index (χ2n) is 3.50. The Hall–Kier alpha value is -1.14. The van der Waals surface area contributed by atoms with Crippen molar-refractivity contribution in [2.75, 3.05) is 13.3 Å². The molecular weight excluding hydrogens is 224 g/mol. The van der Waals surface area contributed by atoms with Gasteiger partial charge in [-0.05, 0) is 13.2 Å². The molecule has 6 heteroatoms. The van der Waals surface area contributed by atoms with Crippen LogP contribution in [0.3, 0.4) is 0 Å². The zero-order chi connectivity index (χ0) is 12.1. The Kier molecular flexibility index (Phi) is 4.70. The Balaban J connectivity index is 2.76. The summed E-state index contributed by atoms with van der Waals surface area (Å²) >= 11 is 1.51. The van der Waals surface area contributed by atoms with Crippen molar-refractivity contribution in [1.29, 1.82) is 0 Å². The molecule has 0 radical (unpaired) electrons. The molecule has 88 valence electrons. The first-order chi connectivity index (χ1) is 7.56. The summed E-state index contributed by atoms with van der Waals surface area (Å²) in [6.45, 7) is 2.11. The molecule has 0 fully saturated rings. The Morgan fingerprint density at radius 1 is 1.56 bits per heavy atom. The number of nitrogens with zero attached hydrogens (tertiary/aromatic N) is 3. The van der Waals surface area contributed by atoms with E-state index in [1.165, 1.54) is 11.8 Å². The van der Waals surface area contributed by atoms with Gasteiger partial charge in [-0.25, -0.2) is 4.98 Å². The quantitative estimate of drug-likeness (QED) is 0.776. The van der Waals surface area contributed by atoms with Crippen LogP contribution < -0.4 is 5.73 Å². The van der Waals surface area contributed by atoms with Crippen LogP contribution in [0.1, 0.15) is 12.6 Å². The highest BCUT2D eigenvalue weighted by atomic mass is 32.2. The summed E-state index contributed by atoms with van der Waals surface area (Å²) in [7, 11) is 1.71. The summed E-state index contributed by atoms with van der Waals surface area (Å²) in [4.78, 5) is 21.6. The largest absolute Gasteiger partial charge is 0.338 e. The van der Waals surface area contributed by atoms with E-state index in [1.807, 2.05) is 6.26 Å². The van der Waals surface area contributed by atoms with Crippen LogP contribution in [0.5, 0.6) is 0 Å². The first-order valence-corrected chi connectivity index (χ1v) is 6.13. The average Bonchev–Trinajstić information content (AvgIpc) is 2.28. The maximum atomic E-state index is 11.6. The number of carbonyl (C=O) groups excluding carboxylic acids is 1. The molecule has 1 aromatic rings. The van der Waals surface area contributed by atoms with E-state index >= 15 is 0 Å². The van der Waals surface area contributed by atoms with E-state index in [2.05, 4.69) is 9.97 Å². The molecule has 1 unspecified atom stereocenters. The first-order valence-electron chi connectivity index (χ1n) is 4.90. The fourth-order valence-corrected chi connectivity index (χ4v) is 1.80. The third-order valence-electron chi connectivity index (χ3n) is 2.08. The maximum absolute atomic E-state index is 11.6. The first kappa shape index (κ1) is 12.9. The molecule has 0 aliphatic carbocycles. The number of hydrogen-bond acceptors (Lipinski definition) is 5. The van der Waals surface area contributed by atoms with E-state index in [0.29, 0.717) is 6.54 Å². The minimum atomic E-state index is -0.487. The molecule has 0 aromatic carbocycles. The van der Waals surface area contributed by atoms with Crippen LogP contribution >= 0.6 is 11.8 Å². The summed E-state index contributed by atoms with van der Waals surface area (Å²) < 4.78 is 0. The standard InChI is InChI=1S/C10H16N4OS/c1-7(11)10(15)14(2)6-8-9(16-3)13-5-4-12-8/h4-5,7H,6,11H2,1-3H3. The van der Waals surface area contributed by atoms with Crippen molar-refractivity contribution in [3.05, 3.63) is 18.1 Å². The lowest BCUT2D eigenvalue weighted by molar-refractivity contribution is -0.131. The number of amides is 1. The number of carbonyl (C=O) groups is 1. The average molecular weight is 240 g/mol. The summed E-state index contributed by atoms with van der Waals surface area (Å²) in [5, 5.41) is 0.840. The minimum absolute atomic E-state index is 0.0993. The minimum Gasteiger partial charge on any atom is -0.338 e. The normalized spacial score (nSPS) is 12.2. The zero-order valence-corrected chi connectivity index (χ0v) is 10.5. The second-order valence-corrected chi connectivity index (χ2v) is 4.29. The van der Waals surface area contributed by atoms with Crippen LogP contribution in [0.4, 0.5) is 0 Å².